The fraction of sp³-hybridized carbons (Fsp3) is 0.174. The number of carbonyl (C=O) groups excluding carboxylic acids is 1. The highest BCUT2D eigenvalue weighted by atomic mass is 19.4. The molecule has 0 saturated heterocycles. The largest absolute Gasteiger partial charge is 0.439 e. The number of anilines is 1. The zero-order valence-electron chi connectivity index (χ0n) is 17.7. The van der Waals surface area contributed by atoms with Gasteiger partial charge in [0.2, 0.25) is 5.88 Å². The predicted octanol–water partition coefficient (Wildman–Crippen LogP) is 5.63. The Labute approximate surface area is 190 Å². The molecule has 5 rings (SSSR count). The highest BCUT2D eigenvalue weighted by molar-refractivity contribution is 5.98. The molecule has 0 aliphatic carbocycles. The molecule has 0 fully saturated rings. The van der Waals surface area contributed by atoms with Gasteiger partial charge in [-0.3, -0.25) is 4.57 Å². The summed E-state index contributed by atoms with van der Waals surface area (Å²) in [6, 6.07) is 7.66. The highest BCUT2D eigenvalue weighted by Gasteiger charge is 2.31. The SMILES string of the molecule is CC1NCc2ncnc(Oc3ccc4c(ccn4C(=O)Nc4cc(C(F)(F)F)ccc4F)c3)c21. The number of benzene rings is 2. The van der Waals surface area contributed by atoms with E-state index in [1.807, 2.05) is 6.92 Å². The average Bonchev–Trinajstić information content (AvgIpc) is 3.38. The molecular formula is C23H17F4N5O2. The highest BCUT2D eigenvalue weighted by Crippen LogP contribution is 2.34. The van der Waals surface area contributed by atoms with Gasteiger partial charge in [0.05, 0.1) is 28.0 Å². The summed E-state index contributed by atoms with van der Waals surface area (Å²) in [5, 5.41) is 6.10. The fourth-order valence-electron chi connectivity index (χ4n) is 3.87. The minimum Gasteiger partial charge on any atom is -0.439 e. The number of nitrogens with one attached hydrogen (secondary N) is 2. The van der Waals surface area contributed by atoms with Gasteiger partial charge in [0.25, 0.3) is 0 Å². The molecule has 2 aromatic heterocycles. The van der Waals surface area contributed by atoms with Crippen molar-refractivity contribution < 1.29 is 27.1 Å². The van der Waals surface area contributed by atoms with Crippen molar-refractivity contribution in [1.29, 1.82) is 0 Å². The summed E-state index contributed by atoms with van der Waals surface area (Å²) >= 11 is 0. The first kappa shape index (κ1) is 21.8. The number of hydrogen-bond acceptors (Lipinski definition) is 5. The lowest BCUT2D eigenvalue weighted by Crippen LogP contribution is -2.19. The number of halogens is 4. The molecule has 0 bridgehead atoms. The lowest BCUT2D eigenvalue weighted by atomic mass is 10.1. The molecule has 0 saturated carbocycles. The molecule has 1 aliphatic rings. The molecule has 7 nitrogen and oxygen atoms in total. The summed E-state index contributed by atoms with van der Waals surface area (Å²) in [6.45, 7) is 2.61. The van der Waals surface area contributed by atoms with Crippen molar-refractivity contribution in [2.75, 3.05) is 5.32 Å². The normalized spacial score (nSPS) is 15.4. The van der Waals surface area contributed by atoms with Gasteiger partial charge in [0.15, 0.2) is 0 Å². The van der Waals surface area contributed by atoms with E-state index in [0.29, 0.717) is 47.3 Å². The minimum atomic E-state index is -4.67. The maximum Gasteiger partial charge on any atom is 0.416 e. The van der Waals surface area contributed by atoms with Crippen molar-refractivity contribution in [1.82, 2.24) is 19.9 Å². The van der Waals surface area contributed by atoms with E-state index in [4.69, 9.17) is 4.74 Å². The maximum absolute atomic E-state index is 14.0. The maximum atomic E-state index is 14.0. The van der Waals surface area contributed by atoms with Crippen LogP contribution in [0.4, 0.5) is 28.0 Å². The van der Waals surface area contributed by atoms with Crippen LogP contribution in [0.3, 0.4) is 0 Å². The van der Waals surface area contributed by atoms with Gasteiger partial charge in [-0.1, -0.05) is 0 Å². The van der Waals surface area contributed by atoms with Crippen LogP contribution in [-0.4, -0.2) is 20.6 Å². The number of alkyl halides is 3. The Morgan fingerprint density at radius 3 is 2.79 bits per heavy atom. The zero-order valence-corrected chi connectivity index (χ0v) is 17.7. The number of hydrogen-bond donors (Lipinski definition) is 2. The van der Waals surface area contributed by atoms with Crippen LogP contribution in [0.25, 0.3) is 10.9 Å². The van der Waals surface area contributed by atoms with Gasteiger partial charge in [-0.25, -0.2) is 19.2 Å². The second-order valence-corrected chi connectivity index (χ2v) is 7.77. The number of amides is 1. The van der Waals surface area contributed by atoms with Gasteiger partial charge in [-0.2, -0.15) is 13.2 Å². The van der Waals surface area contributed by atoms with Crippen molar-refractivity contribution in [3.8, 4) is 11.6 Å². The minimum absolute atomic E-state index is 0.0379. The molecule has 1 unspecified atom stereocenters. The Morgan fingerprint density at radius 2 is 2.00 bits per heavy atom. The number of rotatable bonds is 3. The molecular weight excluding hydrogens is 454 g/mol. The molecule has 0 radical (unpaired) electrons. The Kier molecular flexibility index (Phi) is 5.20. The summed E-state index contributed by atoms with van der Waals surface area (Å²) < 4.78 is 60.0. The van der Waals surface area contributed by atoms with Crippen LogP contribution < -0.4 is 15.4 Å². The van der Waals surface area contributed by atoms with E-state index in [2.05, 4.69) is 20.6 Å². The van der Waals surface area contributed by atoms with Gasteiger partial charge < -0.3 is 15.4 Å². The van der Waals surface area contributed by atoms with Crippen LogP contribution in [0, 0.1) is 5.82 Å². The van der Waals surface area contributed by atoms with Crippen LogP contribution in [-0.2, 0) is 12.7 Å². The molecule has 174 valence electrons. The molecule has 1 amide bonds. The predicted molar refractivity (Wildman–Crippen MR) is 115 cm³/mol. The van der Waals surface area contributed by atoms with Crippen molar-refractivity contribution in [3.05, 3.63) is 77.6 Å². The topological polar surface area (TPSA) is 81.1 Å². The Hall–Kier alpha value is -3.99. The molecule has 1 atom stereocenters. The number of fused-ring (bicyclic) bond motifs is 2. The van der Waals surface area contributed by atoms with Crippen LogP contribution in [0.15, 0.2) is 55.0 Å². The summed E-state index contributed by atoms with van der Waals surface area (Å²) in [6.07, 6.45) is -1.80. The lowest BCUT2D eigenvalue weighted by molar-refractivity contribution is -0.137. The summed E-state index contributed by atoms with van der Waals surface area (Å²) in [4.78, 5) is 21.2. The smallest absolute Gasteiger partial charge is 0.416 e. The Bertz CT molecular complexity index is 1420. The molecule has 2 N–H and O–H groups in total. The Morgan fingerprint density at radius 1 is 1.18 bits per heavy atom. The standard InChI is InChI=1S/C23H17F4N5O2/c1-12-20-18(10-28-12)29-11-30-21(20)34-15-3-5-19-13(8-15)6-7-32(19)22(33)31-17-9-14(23(25,26)27)2-4-16(17)24/h2-9,11-12,28H,10H2,1H3,(H,31,33). The molecule has 1 aliphatic heterocycles. The first-order valence-corrected chi connectivity index (χ1v) is 10.2. The van der Waals surface area contributed by atoms with Gasteiger partial charge in [-0.05, 0) is 49.4 Å². The molecule has 3 heterocycles. The average molecular weight is 471 g/mol. The molecule has 4 aromatic rings. The third kappa shape index (κ3) is 3.94. The van der Waals surface area contributed by atoms with Crippen LogP contribution in [0.1, 0.15) is 29.8 Å². The van der Waals surface area contributed by atoms with Crippen molar-refractivity contribution in [2.45, 2.75) is 25.7 Å². The number of carbonyl (C=O) groups is 1. The van der Waals surface area contributed by atoms with Crippen LogP contribution in [0.2, 0.25) is 0 Å². The fourth-order valence-corrected chi connectivity index (χ4v) is 3.87. The van der Waals surface area contributed by atoms with Gasteiger partial charge in [-0.15, -0.1) is 0 Å². The quantitative estimate of drug-likeness (QED) is 0.379. The van der Waals surface area contributed by atoms with E-state index in [1.165, 1.54) is 17.1 Å². The van der Waals surface area contributed by atoms with Crippen molar-refractivity contribution in [3.63, 3.8) is 0 Å². The van der Waals surface area contributed by atoms with E-state index in [1.54, 1.807) is 24.3 Å². The zero-order chi connectivity index (χ0) is 24.0. The van der Waals surface area contributed by atoms with Crippen LogP contribution >= 0.6 is 0 Å². The molecule has 0 spiro atoms. The third-order valence-electron chi connectivity index (χ3n) is 5.57. The van der Waals surface area contributed by atoms with E-state index < -0.39 is 29.3 Å². The van der Waals surface area contributed by atoms with Gasteiger partial charge in [0, 0.05) is 24.2 Å². The summed E-state index contributed by atoms with van der Waals surface area (Å²) in [5.74, 6) is -0.0665. The van der Waals surface area contributed by atoms with Gasteiger partial charge in [0.1, 0.15) is 17.9 Å². The van der Waals surface area contributed by atoms with Crippen molar-refractivity contribution in [2.24, 2.45) is 0 Å². The first-order chi connectivity index (χ1) is 16.2. The molecule has 11 heteroatoms. The monoisotopic (exact) mass is 471 g/mol. The Balaban J connectivity index is 1.40. The van der Waals surface area contributed by atoms with Gasteiger partial charge >= 0.3 is 12.2 Å². The van der Waals surface area contributed by atoms with E-state index in [0.717, 1.165) is 11.3 Å². The third-order valence-corrected chi connectivity index (χ3v) is 5.57. The summed E-state index contributed by atoms with van der Waals surface area (Å²) in [7, 11) is 0. The number of ether oxygens (including phenoxy) is 1. The van der Waals surface area contributed by atoms with E-state index >= 15 is 0 Å². The van der Waals surface area contributed by atoms with E-state index in [9.17, 15) is 22.4 Å². The first-order valence-electron chi connectivity index (χ1n) is 10.2. The number of nitrogens with zero attached hydrogens (tertiary/aromatic N) is 3. The van der Waals surface area contributed by atoms with E-state index in [-0.39, 0.29) is 6.04 Å². The van der Waals surface area contributed by atoms with Crippen LogP contribution in [0.5, 0.6) is 11.6 Å². The van der Waals surface area contributed by atoms with Crippen molar-refractivity contribution >= 4 is 22.6 Å². The number of aromatic nitrogens is 3. The lowest BCUT2D eigenvalue weighted by Gasteiger charge is -2.12. The summed E-state index contributed by atoms with van der Waals surface area (Å²) in [5.41, 5.74) is 0.567. The second-order valence-electron chi connectivity index (χ2n) is 7.77. The molecule has 2 aromatic carbocycles. The molecule has 34 heavy (non-hydrogen) atoms. The second kappa shape index (κ2) is 8.10.